The summed E-state index contributed by atoms with van der Waals surface area (Å²) >= 11 is 3.52. The van der Waals surface area contributed by atoms with Gasteiger partial charge in [-0.05, 0) is 29.7 Å². The normalized spacial score (nSPS) is 18.1. The molecule has 2 aromatic carbocycles. The summed E-state index contributed by atoms with van der Waals surface area (Å²) in [5.74, 6) is 0.0181. The predicted molar refractivity (Wildman–Crippen MR) is 121 cm³/mol. The van der Waals surface area contributed by atoms with Crippen LogP contribution in [-0.2, 0) is 10.3 Å². The molecule has 1 heterocycles. The van der Waals surface area contributed by atoms with Gasteiger partial charge in [0.05, 0.1) is 18.8 Å². The molecule has 1 aliphatic heterocycles. The number of halogens is 2. The van der Waals surface area contributed by atoms with Gasteiger partial charge in [0, 0.05) is 30.0 Å². The molecule has 1 aliphatic rings. The van der Waals surface area contributed by atoms with E-state index < -0.39 is 5.60 Å². The largest absolute Gasteiger partial charge is 0.384 e. The van der Waals surface area contributed by atoms with Gasteiger partial charge in [-0.15, -0.1) is 12.4 Å². The molecule has 1 N–H and O–H groups in total. The third kappa shape index (κ3) is 5.80. The molecule has 0 radical (unpaired) electrons. The van der Waals surface area contributed by atoms with Gasteiger partial charge in [-0.3, -0.25) is 4.90 Å². The van der Waals surface area contributed by atoms with Crippen LogP contribution in [0.15, 0.2) is 59.1 Å². The minimum atomic E-state index is -0.892. The first kappa shape index (κ1) is 23.4. The van der Waals surface area contributed by atoms with Gasteiger partial charge in [0.15, 0.2) is 0 Å². The lowest BCUT2D eigenvalue weighted by Gasteiger charge is -2.41. The van der Waals surface area contributed by atoms with Crippen molar-refractivity contribution >= 4 is 28.3 Å². The van der Waals surface area contributed by atoms with Crippen LogP contribution in [0.1, 0.15) is 43.2 Å². The standard InChI is InChI=1S/C23H30BrNO2.ClH/c1-2-3-13-23(26,20-9-11-21(24)12-10-20)22(19-7-5-4-6-8-19)18-25-14-16-27-17-15-25;/h4-12,22,26H,2-3,13-18H2,1H3;1H. The number of rotatable bonds is 8. The van der Waals surface area contributed by atoms with Crippen molar-refractivity contribution in [3.8, 4) is 0 Å². The van der Waals surface area contributed by atoms with Gasteiger partial charge in [-0.2, -0.15) is 0 Å². The Bertz CT molecular complexity index is 692. The lowest BCUT2D eigenvalue weighted by Crippen LogP contribution is -2.45. The van der Waals surface area contributed by atoms with Crippen LogP contribution >= 0.6 is 28.3 Å². The Labute approximate surface area is 183 Å². The molecule has 1 fully saturated rings. The molecule has 3 nitrogen and oxygen atoms in total. The second kappa shape index (κ2) is 11.3. The molecule has 0 bridgehead atoms. The first-order valence-corrected chi connectivity index (χ1v) is 10.8. The first-order valence-electron chi connectivity index (χ1n) is 9.97. The average Bonchev–Trinajstić information content (AvgIpc) is 2.72. The van der Waals surface area contributed by atoms with Crippen LogP contribution in [0.2, 0.25) is 0 Å². The minimum absolute atomic E-state index is 0. The van der Waals surface area contributed by atoms with Crippen molar-refractivity contribution in [2.45, 2.75) is 37.7 Å². The molecule has 1 saturated heterocycles. The lowest BCUT2D eigenvalue weighted by atomic mass is 9.74. The van der Waals surface area contributed by atoms with E-state index in [0.717, 1.165) is 62.1 Å². The Morgan fingerprint density at radius 3 is 2.32 bits per heavy atom. The molecule has 2 unspecified atom stereocenters. The number of morpholine rings is 1. The van der Waals surface area contributed by atoms with Crippen molar-refractivity contribution in [3.63, 3.8) is 0 Å². The molecule has 0 aliphatic carbocycles. The highest BCUT2D eigenvalue weighted by Crippen LogP contribution is 2.42. The summed E-state index contributed by atoms with van der Waals surface area (Å²) in [5, 5.41) is 12.1. The topological polar surface area (TPSA) is 32.7 Å². The third-order valence-corrected chi connectivity index (χ3v) is 6.11. The summed E-state index contributed by atoms with van der Waals surface area (Å²) in [4.78, 5) is 2.43. The number of benzene rings is 2. The average molecular weight is 469 g/mol. The van der Waals surface area contributed by atoms with E-state index in [1.54, 1.807) is 0 Å². The minimum Gasteiger partial charge on any atom is -0.384 e. The van der Waals surface area contributed by atoms with Gasteiger partial charge >= 0.3 is 0 Å². The maximum absolute atomic E-state index is 12.1. The zero-order chi connectivity index (χ0) is 19.1. The molecular formula is C23H31BrClNO2. The number of hydrogen-bond donors (Lipinski definition) is 1. The van der Waals surface area contributed by atoms with Crippen molar-refractivity contribution in [1.29, 1.82) is 0 Å². The van der Waals surface area contributed by atoms with Crippen LogP contribution in [0, 0.1) is 0 Å². The number of unbranched alkanes of at least 4 members (excludes halogenated alkanes) is 1. The molecule has 2 aromatic rings. The van der Waals surface area contributed by atoms with E-state index in [0.29, 0.717) is 0 Å². The molecule has 0 amide bonds. The van der Waals surface area contributed by atoms with E-state index in [-0.39, 0.29) is 18.3 Å². The molecule has 0 aromatic heterocycles. The second-order valence-electron chi connectivity index (χ2n) is 7.41. The van der Waals surface area contributed by atoms with Crippen molar-refractivity contribution < 1.29 is 9.84 Å². The van der Waals surface area contributed by atoms with Crippen molar-refractivity contribution in [2.24, 2.45) is 0 Å². The summed E-state index contributed by atoms with van der Waals surface area (Å²) in [5.41, 5.74) is 1.31. The van der Waals surface area contributed by atoms with E-state index >= 15 is 0 Å². The highest BCUT2D eigenvalue weighted by atomic mass is 79.9. The predicted octanol–water partition coefficient (Wildman–Crippen LogP) is 5.36. The summed E-state index contributed by atoms with van der Waals surface area (Å²) in [6, 6.07) is 18.7. The van der Waals surface area contributed by atoms with Crippen LogP contribution < -0.4 is 0 Å². The fraction of sp³-hybridized carbons (Fsp3) is 0.478. The van der Waals surface area contributed by atoms with Gasteiger partial charge in [0.1, 0.15) is 0 Å². The Hall–Kier alpha value is -0.910. The highest BCUT2D eigenvalue weighted by Gasteiger charge is 2.40. The fourth-order valence-electron chi connectivity index (χ4n) is 3.96. The van der Waals surface area contributed by atoms with Crippen molar-refractivity contribution in [2.75, 3.05) is 32.8 Å². The van der Waals surface area contributed by atoms with Crippen LogP contribution in [0.4, 0.5) is 0 Å². The van der Waals surface area contributed by atoms with E-state index in [1.165, 1.54) is 5.56 Å². The Morgan fingerprint density at radius 1 is 1.07 bits per heavy atom. The van der Waals surface area contributed by atoms with E-state index in [9.17, 15) is 5.11 Å². The summed E-state index contributed by atoms with van der Waals surface area (Å²) < 4.78 is 6.56. The Morgan fingerprint density at radius 2 is 1.71 bits per heavy atom. The van der Waals surface area contributed by atoms with E-state index in [1.807, 2.05) is 18.2 Å². The van der Waals surface area contributed by atoms with Gasteiger partial charge in [0.2, 0.25) is 0 Å². The maximum Gasteiger partial charge on any atom is 0.0977 e. The van der Waals surface area contributed by atoms with Crippen LogP contribution in [-0.4, -0.2) is 42.9 Å². The zero-order valence-electron chi connectivity index (χ0n) is 16.5. The quantitative estimate of drug-likeness (QED) is 0.566. The van der Waals surface area contributed by atoms with Crippen LogP contribution in [0.5, 0.6) is 0 Å². The number of aliphatic hydroxyl groups is 1. The van der Waals surface area contributed by atoms with Gasteiger partial charge in [0.25, 0.3) is 0 Å². The molecule has 0 saturated carbocycles. The number of ether oxygens (including phenoxy) is 1. The molecule has 2 atom stereocenters. The monoisotopic (exact) mass is 467 g/mol. The smallest absolute Gasteiger partial charge is 0.0977 e. The summed E-state index contributed by atoms with van der Waals surface area (Å²) in [6.07, 6.45) is 2.83. The highest BCUT2D eigenvalue weighted by molar-refractivity contribution is 9.10. The van der Waals surface area contributed by atoms with Gasteiger partial charge < -0.3 is 9.84 Å². The van der Waals surface area contributed by atoms with E-state index in [2.05, 4.69) is 64.2 Å². The Kier molecular flexibility index (Phi) is 9.45. The summed E-state index contributed by atoms with van der Waals surface area (Å²) in [7, 11) is 0. The molecule has 154 valence electrons. The molecule has 28 heavy (non-hydrogen) atoms. The molecule has 0 spiro atoms. The fourth-order valence-corrected chi connectivity index (χ4v) is 4.23. The SMILES string of the molecule is CCCCC(O)(c1ccc(Br)cc1)C(CN1CCOCC1)c1ccccc1.Cl. The second-order valence-corrected chi connectivity index (χ2v) is 8.33. The van der Waals surface area contributed by atoms with E-state index in [4.69, 9.17) is 4.74 Å². The number of nitrogens with zero attached hydrogens (tertiary/aromatic N) is 1. The zero-order valence-corrected chi connectivity index (χ0v) is 18.9. The van der Waals surface area contributed by atoms with Gasteiger partial charge in [-0.1, -0.05) is 78.2 Å². The molecule has 5 heteroatoms. The first-order chi connectivity index (χ1) is 13.1. The van der Waals surface area contributed by atoms with Crippen LogP contribution in [0.3, 0.4) is 0 Å². The van der Waals surface area contributed by atoms with Gasteiger partial charge in [-0.25, -0.2) is 0 Å². The molecule has 3 rings (SSSR count). The third-order valence-electron chi connectivity index (χ3n) is 5.58. The van der Waals surface area contributed by atoms with Crippen LogP contribution in [0.25, 0.3) is 0 Å². The Balaban J connectivity index is 0.00000280. The lowest BCUT2D eigenvalue weighted by molar-refractivity contribution is -0.0293. The van der Waals surface area contributed by atoms with Crippen molar-refractivity contribution in [1.82, 2.24) is 4.90 Å². The summed E-state index contributed by atoms with van der Waals surface area (Å²) in [6.45, 7) is 6.41. The maximum atomic E-state index is 12.1. The molecular weight excluding hydrogens is 438 g/mol. The number of hydrogen-bond acceptors (Lipinski definition) is 3. The van der Waals surface area contributed by atoms with Crippen molar-refractivity contribution in [3.05, 3.63) is 70.2 Å².